The summed E-state index contributed by atoms with van der Waals surface area (Å²) in [6.45, 7) is 3.89. The number of benzene rings is 1. The second-order valence-corrected chi connectivity index (χ2v) is 5.33. The van der Waals surface area contributed by atoms with Crippen molar-refractivity contribution >= 4 is 5.91 Å². The number of methoxy groups -OCH3 is 1. The molecule has 1 atom stereocenters. The van der Waals surface area contributed by atoms with Crippen molar-refractivity contribution in [2.45, 2.75) is 18.8 Å². The summed E-state index contributed by atoms with van der Waals surface area (Å²) in [6, 6.07) is 10.6. The Labute approximate surface area is 121 Å². The Morgan fingerprint density at radius 2 is 2.20 bits per heavy atom. The highest BCUT2D eigenvalue weighted by Crippen LogP contribution is 2.26. The molecule has 1 fully saturated rings. The van der Waals surface area contributed by atoms with Gasteiger partial charge in [0.1, 0.15) is 0 Å². The van der Waals surface area contributed by atoms with E-state index < -0.39 is 0 Å². The summed E-state index contributed by atoms with van der Waals surface area (Å²) >= 11 is 0. The molecule has 110 valence electrons. The first-order valence-electron chi connectivity index (χ1n) is 7.32. The average molecular weight is 276 g/mol. The lowest BCUT2D eigenvalue weighted by Crippen LogP contribution is -2.36. The third kappa shape index (κ3) is 4.62. The van der Waals surface area contributed by atoms with Gasteiger partial charge in [0.25, 0.3) is 0 Å². The zero-order valence-corrected chi connectivity index (χ0v) is 12.2. The summed E-state index contributed by atoms with van der Waals surface area (Å²) < 4.78 is 4.96. The molecule has 20 heavy (non-hydrogen) atoms. The summed E-state index contributed by atoms with van der Waals surface area (Å²) in [6.07, 6.45) is 2.01. The molecule has 1 aliphatic rings. The van der Waals surface area contributed by atoms with Crippen molar-refractivity contribution < 1.29 is 9.53 Å². The van der Waals surface area contributed by atoms with Crippen molar-refractivity contribution in [3.63, 3.8) is 0 Å². The van der Waals surface area contributed by atoms with Gasteiger partial charge in [-0.3, -0.25) is 9.69 Å². The molecule has 2 rings (SSSR count). The number of likely N-dealkylation sites (tertiary alicyclic amines) is 1. The first kappa shape index (κ1) is 15.0. The molecule has 0 unspecified atom stereocenters. The predicted octanol–water partition coefficient (Wildman–Crippen LogP) is 1.63. The number of ether oxygens (including phenoxy) is 1. The van der Waals surface area contributed by atoms with Crippen LogP contribution in [-0.2, 0) is 9.53 Å². The van der Waals surface area contributed by atoms with Crippen molar-refractivity contribution in [2.75, 3.05) is 39.9 Å². The van der Waals surface area contributed by atoms with Gasteiger partial charge in [-0.05, 0) is 30.9 Å². The van der Waals surface area contributed by atoms with E-state index in [4.69, 9.17) is 4.74 Å². The van der Waals surface area contributed by atoms with Crippen LogP contribution in [0.25, 0.3) is 0 Å². The van der Waals surface area contributed by atoms with Crippen LogP contribution < -0.4 is 5.32 Å². The van der Waals surface area contributed by atoms with Crippen molar-refractivity contribution in [2.24, 2.45) is 0 Å². The monoisotopic (exact) mass is 276 g/mol. The summed E-state index contributed by atoms with van der Waals surface area (Å²) in [5.41, 5.74) is 1.38. The van der Waals surface area contributed by atoms with Gasteiger partial charge in [0.2, 0.25) is 5.91 Å². The van der Waals surface area contributed by atoms with Crippen molar-refractivity contribution in [3.8, 4) is 0 Å². The third-order valence-corrected chi connectivity index (χ3v) is 3.76. The number of amides is 1. The van der Waals surface area contributed by atoms with Crippen LogP contribution in [0, 0.1) is 0 Å². The summed E-state index contributed by atoms with van der Waals surface area (Å²) in [4.78, 5) is 14.1. The van der Waals surface area contributed by atoms with Crippen LogP contribution in [0.3, 0.4) is 0 Å². The van der Waals surface area contributed by atoms with Crippen LogP contribution in [0.5, 0.6) is 0 Å². The van der Waals surface area contributed by atoms with Gasteiger partial charge in [-0.1, -0.05) is 30.3 Å². The minimum atomic E-state index is 0.120. The maximum atomic E-state index is 11.8. The van der Waals surface area contributed by atoms with Crippen LogP contribution in [0.15, 0.2) is 30.3 Å². The smallest absolute Gasteiger partial charge is 0.234 e. The van der Waals surface area contributed by atoms with Crippen molar-refractivity contribution in [1.29, 1.82) is 0 Å². The van der Waals surface area contributed by atoms with E-state index in [2.05, 4.69) is 34.5 Å². The first-order chi connectivity index (χ1) is 9.79. The molecule has 1 aliphatic heterocycles. The Morgan fingerprint density at radius 3 is 2.95 bits per heavy atom. The number of carbonyl (C=O) groups is 1. The standard InChI is InChI=1S/C16H24N2O2/c1-20-11-5-9-17-16(19)13-18-10-8-15(12-18)14-6-3-2-4-7-14/h2-4,6-7,15H,5,8-13H2,1H3,(H,17,19)/t15-/m0/s1. The molecule has 0 spiro atoms. The largest absolute Gasteiger partial charge is 0.385 e. The van der Waals surface area contributed by atoms with Gasteiger partial charge in [-0.15, -0.1) is 0 Å². The number of hydrogen-bond acceptors (Lipinski definition) is 3. The molecule has 0 aromatic heterocycles. The fourth-order valence-electron chi connectivity index (χ4n) is 2.68. The zero-order valence-electron chi connectivity index (χ0n) is 12.2. The fraction of sp³-hybridized carbons (Fsp3) is 0.562. The molecule has 1 amide bonds. The Kier molecular flexibility index (Phi) is 6.02. The maximum Gasteiger partial charge on any atom is 0.234 e. The van der Waals surface area contributed by atoms with E-state index >= 15 is 0 Å². The molecular weight excluding hydrogens is 252 g/mol. The van der Waals surface area contributed by atoms with E-state index in [1.54, 1.807) is 7.11 Å². The van der Waals surface area contributed by atoms with Gasteiger partial charge >= 0.3 is 0 Å². The minimum Gasteiger partial charge on any atom is -0.385 e. The SMILES string of the molecule is COCCCNC(=O)CN1CC[C@H](c2ccccc2)C1. The molecule has 1 heterocycles. The molecule has 4 nitrogen and oxygen atoms in total. The molecule has 0 radical (unpaired) electrons. The second kappa shape index (κ2) is 8.02. The number of hydrogen-bond donors (Lipinski definition) is 1. The molecule has 4 heteroatoms. The highest BCUT2D eigenvalue weighted by molar-refractivity contribution is 5.78. The molecule has 1 aromatic carbocycles. The number of rotatable bonds is 7. The highest BCUT2D eigenvalue weighted by Gasteiger charge is 2.24. The number of nitrogens with zero attached hydrogens (tertiary/aromatic N) is 1. The quantitative estimate of drug-likeness (QED) is 0.770. The van der Waals surface area contributed by atoms with Crippen molar-refractivity contribution in [1.82, 2.24) is 10.2 Å². The minimum absolute atomic E-state index is 0.120. The van der Waals surface area contributed by atoms with Crippen molar-refractivity contribution in [3.05, 3.63) is 35.9 Å². The van der Waals surface area contributed by atoms with Gasteiger partial charge in [-0.25, -0.2) is 0 Å². The Balaban J connectivity index is 1.69. The summed E-state index contributed by atoms with van der Waals surface area (Å²) in [5.74, 6) is 0.687. The van der Waals surface area contributed by atoms with Crippen LogP contribution in [0.4, 0.5) is 0 Å². The lowest BCUT2D eigenvalue weighted by atomic mass is 9.99. The van der Waals surface area contributed by atoms with E-state index in [-0.39, 0.29) is 5.91 Å². The second-order valence-electron chi connectivity index (χ2n) is 5.33. The van der Waals surface area contributed by atoms with Crippen LogP contribution >= 0.6 is 0 Å². The summed E-state index contributed by atoms with van der Waals surface area (Å²) in [7, 11) is 1.68. The van der Waals surface area contributed by atoms with Crippen LogP contribution in [-0.4, -0.2) is 50.7 Å². The van der Waals surface area contributed by atoms with Gasteiger partial charge in [0.15, 0.2) is 0 Å². The topological polar surface area (TPSA) is 41.6 Å². The zero-order chi connectivity index (χ0) is 14.2. The predicted molar refractivity (Wildman–Crippen MR) is 79.7 cm³/mol. The van der Waals surface area contributed by atoms with Gasteiger partial charge < -0.3 is 10.1 Å². The lowest BCUT2D eigenvalue weighted by molar-refractivity contribution is -0.122. The third-order valence-electron chi connectivity index (χ3n) is 3.76. The van der Waals surface area contributed by atoms with E-state index in [1.807, 2.05) is 6.07 Å². The molecular formula is C16H24N2O2. The first-order valence-corrected chi connectivity index (χ1v) is 7.32. The van der Waals surface area contributed by atoms with Gasteiger partial charge in [0.05, 0.1) is 6.54 Å². The fourth-order valence-corrected chi connectivity index (χ4v) is 2.68. The molecule has 0 saturated carbocycles. The van der Waals surface area contributed by atoms with Crippen LogP contribution in [0.2, 0.25) is 0 Å². The van der Waals surface area contributed by atoms with Crippen LogP contribution in [0.1, 0.15) is 24.3 Å². The van der Waals surface area contributed by atoms with E-state index in [1.165, 1.54) is 5.56 Å². The lowest BCUT2D eigenvalue weighted by Gasteiger charge is -2.15. The number of carbonyl (C=O) groups excluding carboxylic acids is 1. The molecule has 0 bridgehead atoms. The Morgan fingerprint density at radius 1 is 1.40 bits per heavy atom. The summed E-state index contributed by atoms with van der Waals surface area (Å²) in [5, 5.41) is 2.94. The van der Waals surface area contributed by atoms with Gasteiger partial charge in [0, 0.05) is 26.8 Å². The molecule has 1 N–H and O–H groups in total. The Hall–Kier alpha value is -1.39. The average Bonchev–Trinajstić information content (AvgIpc) is 2.93. The molecule has 0 aliphatic carbocycles. The Bertz CT molecular complexity index is 408. The maximum absolute atomic E-state index is 11.8. The van der Waals surface area contributed by atoms with E-state index in [9.17, 15) is 4.79 Å². The molecule has 1 saturated heterocycles. The molecule has 1 aromatic rings. The normalized spacial score (nSPS) is 19.1. The highest BCUT2D eigenvalue weighted by atomic mass is 16.5. The van der Waals surface area contributed by atoms with E-state index in [0.717, 1.165) is 25.9 Å². The van der Waals surface area contributed by atoms with Gasteiger partial charge in [-0.2, -0.15) is 0 Å². The van der Waals surface area contributed by atoms with E-state index in [0.29, 0.717) is 25.6 Å². The number of nitrogens with one attached hydrogen (secondary N) is 1.